The maximum Gasteiger partial charge on any atom is 0.0736 e. The zero-order valence-electron chi connectivity index (χ0n) is 10.9. The van der Waals surface area contributed by atoms with Crippen molar-refractivity contribution >= 4 is 11.3 Å². The molecule has 96 valence electrons. The van der Waals surface area contributed by atoms with E-state index >= 15 is 0 Å². The Kier molecular flexibility index (Phi) is 3.88. The zero-order valence-corrected chi connectivity index (χ0v) is 11.7. The Bertz CT molecular complexity index is 379. The Hall–Kier alpha value is -0.420. The molecule has 0 aliphatic carbocycles. The predicted octanol–water partition coefficient (Wildman–Crippen LogP) is 1.86. The van der Waals surface area contributed by atoms with E-state index in [4.69, 9.17) is 10.5 Å². The van der Waals surface area contributed by atoms with Crippen molar-refractivity contribution in [3.8, 4) is 0 Å². The lowest BCUT2D eigenvalue weighted by molar-refractivity contribution is -0.0373. The molecule has 0 fully saturated rings. The van der Waals surface area contributed by atoms with Gasteiger partial charge in [-0.1, -0.05) is 0 Å². The molecule has 0 bridgehead atoms. The first-order valence-electron chi connectivity index (χ1n) is 6.15. The van der Waals surface area contributed by atoms with E-state index in [0.29, 0.717) is 6.54 Å². The van der Waals surface area contributed by atoms with Crippen LogP contribution in [-0.4, -0.2) is 36.7 Å². The first-order chi connectivity index (χ1) is 8.11. The molecule has 0 saturated carbocycles. The van der Waals surface area contributed by atoms with Crippen molar-refractivity contribution in [3.05, 3.63) is 21.9 Å². The number of nitrogens with zero attached hydrogens (tertiary/aromatic N) is 1. The van der Waals surface area contributed by atoms with Gasteiger partial charge in [-0.2, -0.15) is 0 Å². The summed E-state index contributed by atoms with van der Waals surface area (Å²) in [5.74, 6) is 0. The lowest BCUT2D eigenvalue weighted by Gasteiger charge is -2.45. The van der Waals surface area contributed by atoms with Crippen molar-refractivity contribution in [1.29, 1.82) is 0 Å². The third-order valence-electron chi connectivity index (χ3n) is 4.17. The summed E-state index contributed by atoms with van der Waals surface area (Å²) in [5.41, 5.74) is 7.38. The number of methoxy groups -OCH3 is 1. The fourth-order valence-corrected chi connectivity index (χ4v) is 3.38. The second-order valence-electron chi connectivity index (χ2n) is 4.98. The van der Waals surface area contributed by atoms with Crippen LogP contribution in [0.4, 0.5) is 0 Å². The highest BCUT2D eigenvalue weighted by molar-refractivity contribution is 7.10. The van der Waals surface area contributed by atoms with Crippen LogP contribution < -0.4 is 5.73 Å². The van der Waals surface area contributed by atoms with Crippen molar-refractivity contribution in [2.24, 2.45) is 5.73 Å². The predicted molar refractivity (Wildman–Crippen MR) is 72.4 cm³/mol. The minimum Gasteiger partial charge on any atom is -0.380 e. The molecular weight excluding hydrogens is 232 g/mol. The average molecular weight is 254 g/mol. The molecular formula is C13H22N2OS. The summed E-state index contributed by atoms with van der Waals surface area (Å²) in [7, 11) is 1.76. The second kappa shape index (κ2) is 5.06. The molecule has 1 aromatic heterocycles. The topological polar surface area (TPSA) is 38.5 Å². The largest absolute Gasteiger partial charge is 0.380 e. The highest BCUT2D eigenvalue weighted by Gasteiger charge is 2.38. The van der Waals surface area contributed by atoms with E-state index < -0.39 is 0 Å². The molecule has 1 aliphatic heterocycles. The number of thiophene rings is 1. The molecule has 2 atom stereocenters. The van der Waals surface area contributed by atoms with Gasteiger partial charge in [-0.25, -0.2) is 0 Å². The van der Waals surface area contributed by atoms with Crippen molar-refractivity contribution in [3.63, 3.8) is 0 Å². The maximum absolute atomic E-state index is 5.99. The van der Waals surface area contributed by atoms with Crippen LogP contribution in [0.5, 0.6) is 0 Å². The summed E-state index contributed by atoms with van der Waals surface area (Å²) in [6.07, 6.45) is 1.28. The number of nitrogens with two attached hydrogens (primary N) is 1. The maximum atomic E-state index is 5.99. The smallest absolute Gasteiger partial charge is 0.0736 e. The van der Waals surface area contributed by atoms with Crippen LogP contribution in [0.1, 0.15) is 24.3 Å². The summed E-state index contributed by atoms with van der Waals surface area (Å²) < 4.78 is 5.51. The number of rotatable bonds is 4. The lowest BCUT2D eigenvalue weighted by Crippen LogP contribution is -2.59. The van der Waals surface area contributed by atoms with E-state index in [1.807, 2.05) is 11.3 Å². The fraction of sp³-hybridized carbons (Fsp3) is 0.692. The van der Waals surface area contributed by atoms with Crippen LogP contribution in [0.3, 0.4) is 0 Å². The summed E-state index contributed by atoms with van der Waals surface area (Å²) >= 11 is 1.87. The van der Waals surface area contributed by atoms with Crippen molar-refractivity contribution in [2.45, 2.75) is 38.5 Å². The molecule has 2 unspecified atom stereocenters. The van der Waals surface area contributed by atoms with Gasteiger partial charge in [-0.3, -0.25) is 4.90 Å². The molecule has 2 N–H and O–H groups in total. The summed E-state index contributed by atoms with van der Waals surface area (Å²) in [5, 5.41) is 2.19. The Morgan fingerprint density at radius 1 is 1.65 bits per heavy atom. The van der Waals surface area contributed by atoms with Crippen LogP contribution in [-0.2, 0) is 17.7 Å². The monoisotopic (exact) mass is 254 g/mol. The third kappa shape index (κ3) is 2.27. The zero-order chi connectivity index (χ0) is 12.5. The van der Waals surface area contributed by atoms with Crippen LogP contribution in [0.2, 0.25) is 0 Å². The molecule has 4 heteroatoms. The number of hydrogen-bond donors (Lipinski definition) is 1. The quantitative estimate of drug-likeness (QED) is 0.891. The molecule has 0 amide bonds. The molecule has 0 spiro atoms. The Morgan fingerprint density at radius 2 is 2.41 bits per heavy atom. The van der Waals surface area contributed by atoms with Gasteiger partial charge in [0.25, 0.3) is 0 Å². The molecule has 1 aromatic rings. The number of fused-ring (bicyclic) bond motifs is 1. The Balaban J connectivity index is 2.18. The molecule has 2 rings (SSSR count). The van der Waals surface area contributed by atoms with Gasteiger partial charge < -0.3 is 10.5 Å². The summed E-state index contributed by atoms with van der Waals surface area (Å²) in [4.78, 5) is 4.00. The number of ether oxygens (including phenoxy) is 1. The van der Waals surface area contributed by atoms with Gasteiger partial charge in [0, 0.05) is 31.6 Å². The van der Waals surface area contributed by atoms with E-state index in [1.165, 1.54) is 10.4 Å². The van der Waals surface area contributed by atoms with Crippen LogP contribution >= 0.6 is 11.3 Å². The highest BCUT2D eigenvalue weighted by atomic mass is 32.1. The van der Waals surface area contributed by atoms with E-state index in [0.717, 1.165) is 19.5 Å². The number of hydrogen-bond acceptors (Lipinski definition) is 4. The minimum atomic E-state index is -0.0750. The van der Waals surface area contributed by atoms with Crippen molar-refractivity contribution < 1.29 is 4.74 Å². The van der Waals surface area contributed by atoms with Gasteiger partial charge in [-0.05, 0) is 37.3 Å². The summed E-state index contributed by atoms with van der Waals surface area (Å²) in [6, 6.07) is 2.24. The van der Waals surface area contributed by atoms with Gasteiger partial charge in [0.15, 0.2) is 0 Å². The van der Waals surface area contributed by atoms with Crippen LogP contribution in [0, 0.1) is 0 Å². The Labute approximate surface area is 108 Å². The SMILES string of the molecule is COC(C)C(C)(CN)N1CCc2sccc2C1. The molecule has 0 radical (unpaired) electrons. The normalized spacial score (nSPS) is 21.9. The lowest BCUT2D eigenvalue weighted by atomic mass is 9.91. The van der Waals surface area contributed by atoms with Crippen LogP contribution in [0.25, 0.3) is 0 Å². The minimum absolute atomic E-state index is 0.0750. The highest BCUT2D eigenvalue weighted by Crippen LogP contribution is 2.30. The second-order valence-corrected chi connectivity index (χ2v) is 5.98. The molecule has 0 aromatic carbocycles. The van der Waals surface area contributed by atoms with Crippen molar-refractivity contribution in [2.75, 3.05) is 20.2 Å². The molecule has 17 heavy (non-hydrogen) atoms. The Morgan fingerprint density at radius 3 is 3.06 bits per heavy atom. The van der Waals surface area contributed by atoms with Gasteiger partial charge in [0.05, 0.1) is 11.6 Å². The van der Waals surface area contributed by atoms with Gasteiger partial charge in [0.2, 0.25) is 0 Å². The molecule has 3 nitrogen and oxygen atoms in total. The standard InChI is InChI=1S/C13H22N2OS/c1-10(16-3)13(2,9-14)15-6-4-12-11(8-15)5-7-17-12/h5,7,10H,4,6,8-9,14H2,1-3H3. The average Bonchev–Trinajstić information content (AvgIpc) is 2.83. The van der Waals surface area contributed by atoms with Crippen molar-refractivity contribution in [1.82, 2.24) is 4.90 Å². The first-order valence-corrected chi connectivity index (χ1v) is 7.03. The van der Waals surface area contributed by atoms with Gasteiger partial charge in [0.1, 0.15) is 0 Å². The van der Waals surface area contributed by atoms with E-state index in [-0.39, 0.29) is 11.6 Å². The third-order valence-corrected chi connectivity index (χ3v) is 5.20. The molecule has 0 saturated heterocycles. The first kappa shape index (κ1) is 13.0. The van der Waals surface area contributed by atoms with E-state index in [9.17, 15) is 0 Å². The molecule has 2 heterocycles. The van der Waals surface area contributed by atoms with E-state index in [1.54, 1.807) is 7.11 Å². The van der Waals surface area contributed by atoms with Gasteiger partial charge >= 0.3 is 0 Å². The summed E-state index contributed by atoms with van der Waals surface area (Å²) in [6.45, 7) is 7.02. The van der Waals surface area contributed by atoms with Crippen LogP contribution in [0.15, 0.2) is 11.4 Å². The van der Waals surface area contributed by atoms with Gasteiger partial charge in [-0.15, -0.1) is 11.3 Å². The van der Waals surface area contributed by atoms with E-state index in [2.05, 4.69) is 30.2 Å². The molecule has 1 aliphatic rings. The fourth-order valence-electron chi connectivity index (χ4n) is 2.49.